The number of rotatable bonds is 5. The molecule has 10 heavy (non-hydrogen) atoms. The van der Waals surface area contributed by atoms with Crippen molar-refractivity contribution in [3.05, 3.63) is 0 Å². The molecule has 0 unspecified atom stereocenters. The van der Waals surface area contributed by atoms with E-state index in [4.69, 9.17) is 11.6 Å². The maximum atomic E-state index is 5.56. The van der Waals surface area contributed by atoms with Crippen molar-refractivity contribution >= 4 is 11.6 Å². The zero-order chi connectivity index (χ0) is 7.98. The van der Waals surface area contributed by atoms with Gasteiger partial charge >= 0.3 is 0 Å². The molecule has 0 amide bonds. The highest BCUT2D eigenvalue weighted by Crippen LogP contribution is 2.16. The minimum atomic E-state index is 0.824. The van der Waals surface area contributed by atoms with E-state index in [1.165, 1.54) is 19.3 Å². The number of unbranched alkanes of at least 4 members (excludes halogenated alkanes) is 1. The summed E-state index contributed by atoms with van der Waals surface area (Å²) in [5, 5.41) is 0. The summed E-state index contributed by atoms with van der Waals surface area (Å²) < 4.78 is 0. The molecule has 62 valence electrons. The normalized spacial score (nSPS) is 14.1. The summed E-state index contributed by atoms with van der Waals surface area (Å²) in [6.45, 7) is 6.88. The second-order valence-electron chi connectivity index (χ2n) is 3.41. The molecule has 0 aliphatic carbocycles. The van der Waals surface area contributed by atoms with Crippen molar-refractivity contribution in [2.24, 2.45) is 11.8 Å². The highest BCUT2D eigenvalue weighted by molar-refractivity contribution is 6.17. The van der Waals surface area contributed by atoms with Gasteiger partial charge in [0, 0.05) is 5.88 Å². The first-order chi connectivity index (χ1) is 4.68. The molecule has 0 saturated heterocycles. The van der Waals surface area contributed by atoms with Crippen molar-refractivity contribution in [2.45, 2.75) is 40.0 Å². The fourth-order valence-corrected chi connectivity index (χ4v) is 1.08. The van der Waals surface area contributed by atoms with Crippen LogP contribution in [-0.2, 0) is 0 Å². The molecule has 1 atom stereocenters. The molecule has 0 radical (unpaired) electrons. The van der Waals surface area contributed by atoms with Gasteiger partial charge in [0.25, 0.3) is 0 Å². The molecule has 0 saturated carbocycles. The summed E-state index contributed by atoms with van der Waals surface area (Å²) in [4.78, 5) is 0. The van der Waals surface area contributed by atoms with Crippen molar-refractivity contribution in [3.63, 3.8) is 0 Å². The van der Waals surface area contributed by atoms with E-state index in [0.717, 1.165) is 17.7 Å². The second kappa shape index (κ2) is 6.03. The predicted octanol–water partition coefficient (Wildman–Crippen LogP) is 3.69. The summed E-state index contributed by atoms with van der Waals surface area (Å²) in [5.41, 5.74) is 0. The topological polar surface area (TPSA) is 0 Å². The highest BCUT2D eigenvalue weighted by atomic mass is 35.5. The lowest BCUT2D eigenvalue weighted by atomic mass is 9.93. The average molecular weight is 163 g/mol. The van der Waals surface area contributed by atoms with Crippen LogP contribution in [0.1, 0.15) is 40.0 Å². The van der Waals surface area contributed by atoms with Gasteiger partial charge in [0.1, 0.15) is 0 Å². The van der Waals surface area contributed by atoms with Crippen LogP contribution in [0, 0.1) is 11.8 Å². The minimum Gasteiger partial charge on any atom is -0.127 e. The van der Waals surface area contributed by atoms with E-state index in [9.17, 15) is 0 Å². The van der Waals surface area contributed by atoms with Crippen molar-refractivity contribution in [3.8, 4) is 0 Å². The Kier molecular flexibility index (Phi) is 6.20. The van der Waals surface area contributed by atoms with Gasteiger partial charge in [-0.05, 0) is 18.3 Å². The van der Waals surface area contributed by atoms with Crippen LogP contribution in [0.3, 0.4) is 0 Å². The Labute approximate surface area is 70.0 Å². The van der Waals surface area contributed by atoms with Crippen LogP contribution in [0.5, 0.6) is 0 Å². The molecular weight excluding hydrogens is 144 g/mol. The van der Waals surface area contributed by atoms with Crippen molar-refractivity contribution in [1.82, 2.24) is 0 Å². The van der Waals surface area contributed by atoms with Gasteiger partial charge in [0.15, 0.2) is 0 Å². The Balaban J connectivity index is 3.13. The Morgan fingerprint density at radius 1 is 1.10 bits per heavy atom. The highest BCUT2D eigenvalue weighted by Gasteiger charge is 2.05. The van der Waals surface area contributed by atoms with Gasteiger partial charge in [0.2, 0.25) is 0 Å². The SMILES string of the molecule is CC(C)[C@H](C)CCCCCl. The Bertz CT molecular complexity index is 69.1. The van der Waals surface area contributed by atoms with Crippen LogP contribution in [0.4, 0.5) is 0 Å². The number of alkyl halides is 1. The maximum absolute atomic E-state index is 5.56. The van der Waals surface area contributed by atoms with E-state index in [-0.39, 0.29) is 0 Å². The van der Waals surface area contributed by atoms with Gasteiger partial charge in [-0.15, -0.1) is 11.6 Å². The lowest BCUT2D eigenvalue weighted by Gasteiger charge is -2.14. The Morgan fingerprint density at radius 3 is 2.10 bits per heavy atom. The average Bonchev–Trinajstić information content (AvgIpc) is 1.88. The standard InChI is InChI=1S/C9H19Cl/c1-8(2)9(3)6-4-5-7-10/h8-9H,4-7H2,1-3H3/t9-/m1/s1. The molecule has 0 nitrogen and oxygen atoms in total. The van der Waals surface area contributed by atoms with E-state index >= 15 is 0 Å². The predicted molar refractivity (Wildman–Crippen MR) is 48.6 cm³/mol. The van der Waals surface area contributed by atoms with E-state index in [1.807, 2.05) is 0 Å². The number of hydrogen-bond acceptors (Lipinski definition) is 0. The molecule has 0 aromatic heterocycles. The third-order valence-electron chi connectivity index (χ3n) is 2.18. The van der Waals surface area contributed by atoms with E-state index in [2.05, 4.69) is 20.8 Å². The summed E-state index contributed by atoms with van der Waals surface area (Å²) in [5.74, 6) is 2.52. The van der Waals surface area contributed by atoms with Crippen LogP contribution < -0.4 is 0 Å². The van der Waals surface area contributed by atoms with Crippen LogP contribution >= 0.6 is 11.6 Å². The van der Waals surface area contributed by atoms with Crippen molar-refractivity contribution < 1.29 is 0 Å². The van der Waals surface area contributed by atoms with Crippen molar-refractivity contribution in [2.75, 3.05) is 5.88 Å². The number of halogens is 1. The summed E-state index contributed by atoms with van der Waals surface area (Å²) in [6, 6.07) is 0. The largest absolute Gasteiger partial charge is 0.127 e. The smallest absolute Gasteiger partial charge is 0.0223 e. The molecule has 0 aliphatic rings. The fourth-order valence-electron chi connectivity index (χ4n) is 0.894. The molecule has 0 bridgehead atoms. The first-order valence-electron chi connectivity index (χ1n) is 4.24. The van der Waals surface area contributed by atoms with Crippen LogP contribution in [0.2, 0.25) is 0 Å². The van der Waals surface area contributed by atoms with Gasteiger partial charge in [-0.1, -0.05) is 33.6 Å². The van der Waals surface area contributed by atoms with Gasteiger partial charge in [-0.3, -0.25) is 0 Å². The molecule has 0 fully saturated rings. The van der Waals surface area contributed by atoms with Gasteiger partial charge < -0.3 is 0 Å². The van der Waals surface area contributed by atoms with E-state index in [0.29, 0.717) is 0 Å². The Hall–Kier alpha value is 0.290. The molecule has 0 rings (SSSR count). The van der Waals surface area contributed by atoms with E-state index < -0.39 is 0 Å². The van der Waals surface area contributed by atoms with E-state index in [1.54, 1.807) is 0 Å². The second-order valence-corrected chi connectivity index (χ2v) is 3.78. The summed E-state index contributed by atoms with van der Waals surface area (Å²) in [6.07, 6.45) is 3.81. The summed E-state index contributed by atoms with van der Waals surface area (Å²) >= 11 is 5.56. The zero-order valence-electron chi connectivity index (χ0n) is 7.36. The lowest BCUT2D eigenvalue weighted by Crippen LogP contribution is -2.03. The van der Waals surface area contributed by atoms with Gasteiger partial charge in [-0.2, -0.15) is 0 Å². The quantitative estimate of drug-likeness (QED) is 0.427. The first kappa shape index (κ1) is 10.3. The van der Waals surface area contributed by atoms with Crippen LogP contribution in [0.15, 0.2) is 0 Å². The third kappa shape index (κ3) is 5.10. The molecular formula is C9H19Cl. The zero-order valence-corrected chi connectivity index (χ0v) is 8.12. The van der Waals surface area contributed by atoms with Gasteiger partial charge in [0.05, 0.1) is 0 Å². The monoisotopic (exact) mass is 162 g/mol. The fraction of sp³-hybridized carbons (Fsp3) is 1.00. The third-order valence-corrected chi connectivity index (χ3v) is 2.45. The molecule has 0 heterocycles. The first-order valence-corrected chi connectivity index (χ1v) is 4.78. The number of hydrogen-bond donors (Lipinski definition) is 0. The molecule has 0 spiro atoms. The molecule has 0 N–H and O–H groups in total. The van der Waals surface area contributed by atoms with Crippen LogP contribution in [-0.4, -0.2) is 5.88 Å². The molecule has 0 aromatic rings. The van der Waals surface area contributed by atoms with Crippen LogP contribution in [0.25, 0.3) is 0 Å². The molecule has 0 aromatic carbocycles. The minimum absolute atomic E-state index is 0.824. The Morgan fingerprint density at radius 2 is 1.70 bits per heavy atom. The van der Waals surface area contributed by atoms with Gasteiger partial charge in [-0.25, -0.2) is 0 Å². The molecule has 1 heteroatoms. The lowest BCUT2D eigenvalue weighted by molar-refractivity contribution is 0.381. The maximum Gasteiger partial charge on any atom is 0.0223 e. The molecule has 0 aliphatic heterocycles. The summed E-state index contributed by atoms with van der Waals surface area (Å²) in [7, 11) is 0. The van der Waals surface area contributed by atoms with Crippen molar-refractivity contribution in [1.29, 1.82) is 0 Å².